The molecule has 6 heteroatoms. The highest BCUT2D eigenvalue weighted by molar-refractivity contribution is 5.84. The average Bonchev–Trinajstić information content (AvgIpc) is 2.62. The van der Waals surface area contributed by atoms with Crippen LogP contribution >= 0.6 is 0 Å². The molecule has 1 aliphatic rings. The lowest BCUT2D eigenvalue weighted by Crippen LogP contribution is -3.13. The Morgan fingerprint density at radius 2 is 1.75 bits per heavy atom. The second kappa shape index (κ2) is 7.70. The van der Waals surface area contributed by atoms with Gasteiger partial charge >= 0.3 is 0 Å². The molecule has 0 radical (unpaired) electrons. The molecule has 6 nitrogen and oxygen atoms in total. The standard InChI is InChI=1S/C18H20N4O2/c23-22(24)18-9-5-4-8-17(18)14-19-21-12-10-20(11-13-21)15-16-6-2-1-3-7-16/h1-9,14H,10-13,15H2/p+1/b19-14+. The smallest absolute Gasteiger partial charge is 0.278 e. The molecular weight excluding hydrogens is 304 g/mol. The molecule has 0 aromatic heterocycles. The summed E-state index contributed by atoms with van der Waals surface area (Å²) in [6.07, 6.45) is 1.60. The summed E-state index contributed by atoms with van der Waals surface area (Å²) in [6.45, 7) is 4.79. The number of nitro benzene ring substituents is 1. The second-order valence-corrected chi connectivity index (χ2v) is 5.93. The number of nitrogens with zero attached hydrogens (tertiary/aromatic N) is 3. The lowest BCUT2D eigenvalue weighted by molar-refractivity contribution is -0.918. The predicted octanol–water partition coefficient (Wildman–Crippen LogP) is 1.33. The van der Waals surface area contributed by atoms with Crippen molar-refractivity contribution in [3.63, 3.8) is 0 Å². The minimum Gasteiger partial charge on any atom is -0.328 e. The minimum atomic E-state index is -0.372. The van der Waals surface area contributed by atoms with Crippen LogP contribution in [-0.4, -0.2) is 42.3 Å². The Bertz CT molecular complexity index is 710. The van der Waals surface area contributed by atoms with Crippen LogP contribution in [0.5, 0.6) is 0 Å². The van der Waals surface area contributed by atoms with Crippen LogP contribution < -0.4 is 4.90 Å². The molecule has 1 aliphatic heterocycles. The van der Waals surface area contributed by atoms with E-state index in [9.17, 15) is 10.1 Å². The van der Waals surface area contributed by atoms with Gasteiger partial charge in [0.15, 0.2) is 0 Å². The molecule has 0 saturated carbocycles. The Hall–Kier alpha value is -2.73. The molecule has 0 spiro atoms. The van der Waals surface area contributed by atoms with E-state index in [-0.39, 0.29) is 10.6 Å². The highest BCUT2D eigenvalue weighted by atomic mass is 16.6. The molecule has 1 saturated heterocycles. The predicted molar refractivity (Wildman–Crippen MR) is 93.1 cm³/mol. The molecule has 0 atom stereocenters. The third-order valence-corrected chi connectivity index (χ3v) is 4.24. The number of para-hydroxylation sites is 1. The summed E-state index contributed by atoms with van der Waals surface area (Å²) in [6, 6.07) is 17.2. The minimum absolute atomic E-state index is 0.0922. The lowest BCUT2D eigenvalue weighted by atomic mass is 10.2. The van der Waals surface area contributed by atoms with Crippen molar-refractivity contribution in [1.82, 2.24) is 5.01 Å². The van der Waals surface area contributed by atoms with Crippen molar-refractivity contribution >= 4 is 11.9 Å². The zero-order valence-electron chi connectivity index (χ0n) is 13.5. The summed E-state index contributed by atoms with van der Waals surface area (Å²) >= 11 is 0. The number of benzene rings is 2. The summed E-state index contributed by atoms with van der Waals surface area (Å²) in [7, 11) is 0. The van der Waals surface area contributed by atoms with Crippen LogP contribution in [-0.2, 0) is 6.54 Å². The molecule has 1 N–H and O–H groups in total. The molecule has 0 aliphatic carbocycles. The van der Waals surface area contributed by atoms with Gasteiger partial charge in [-0.2, -0.15) is 5.10 Å². The van der Waals surface area contributed by atoms with Crippen molar-refractivity contribution in [3.05, 3.63) is 75.8 Å². The molecule has 1 heterocycles. The largest absolute Gasteiger partial charge is 0.328 e. The van der Waals surface area contributed by atoms with Gasteiger partial charge in [-0.05, 0) is 6.07 Å². The monoisotopic (exact) mass is 325 g/mol. The van der Waals surface area contributed by atoms with E-state index in [0.717, 1.165) is 32.7 Å². The molecule has 0 bridgehead atoms. The van der Waals surface area contributed by atoms with Gasteiger partial charge in [0.2, 0.25) is 0 Å². The van der Waals surface area contributed by atoms with Gasteiger partial charge in [-0.1, -0.05) is 42.5 Å². The lowest BCUT2D eigenvalue weighted by Gasteiger charge is -2.30. The first kappa shape index (κ1) is 16.1. The van der Waals surface area contributed by atoms with Gasteiger partial charge in [0.1, 0.15) is 6.54 Å². The fourth-order valence-corrected chi connectivity index (χ4v) is 2.89. The van der Waals surface area contributed by atoms with E-state index in [1.807, 2.05) is 11.1 Å². The fourth-order valence-electron chi connectivity index (χ4n) is 2.89. The topological polar surface area (TPSA) is 63.2 Å². The molecule has 124 valence electrons. The van der Waals surface area contributed by atoms with Crippen molar-refractivity contribution in [2.45, 2.75) is 6.54 Å². The molecular formula is C18H21N4O2+. The van der Waals surface area contributed by atoms with Crippen LogP contribution in [0.3, 0.4) is 0 Å². The summed E-state index contributed by atoms with van der Waals surface area (Å²) < 4.78 is 0. The van der Waals surface area contributed by atoms with E-state index in [0.29, 0.717) is 5.56 Å². The van der Waals surface area contributed by atoms with Crippen LogP contribution in [0.15, 0.2) is 59.7 Å². The number of nitrogens with one attached hydrogen (secondary N) is 1. The third kappa shape index (κ3) is 4.17. The van der Waals surface area contributed by atoms with Gasteiger partial charge in [0.05, 0.1) is 42.9 Å². The Morgan fingerprint density at radius 3 is 2.46 bits per heavy atom. The van der Waals surface area contributed by atoms with Crippen molar-refractivity contribution in [1.29, 1.82) is 0 Å². The summed E-state index contributed by atoms with van der Waals surface area (Å²) in [5.41, 5.74) is 1.99. The van der Waals surface area contributed by atoms with E-state index < -0.39 is 0 Å². The molecule has 1 fully saturated rings. The number of nitro groups is 1. The SMILES string of the molecule is O=[N+]([O-])c1ccccc1/C=N/N1CC[NH+](Cc2ccccc2)CC1. The van der Waals surface area contributed by atoms with E-state index in [1.165, 1.54) is 11.6 Å². The fraction of sp³-hybridized carbons (Fsp3) is 0.278. The zero-order valence-corrected chi connectivity index (χ0v) is 13.5. The third-order valence-electron chi connectivity index (χ3n) is 4.24. The zero-order chi connectivity index (χ0) is 16.8. The van der Waals surface area contributed by atoms with Gasteiger partial charge in [-0.15, -0.1) is 0 Å². The van der Waals surface area contributed by atoms with E-state index >= 15 is 0 Å². The molecule has 24 heavy (non-hydrogen) atoms. The van der Waals surface area contributed by atoms with Crippen molar-refractivity contribution in [3.8, 4) is 0 Å². The maximum Gasteiger partial charge on any atom is 0.278 e. The maximum absolute atomic E-state index is 11.0. The normalized spacial score (nSPS) is 15.8. The maximum atomic E-state index is 11.0. The number of hydrogen-bond donors (Lipinski definition) is 1. The van der Waals surface area contributed by atoms with Crippen LogP contribution in [0.4, 0.5) is 5.69 Å². The first-order valence-corrected chi connectivity index (χ1v) is 8.12. The van der Waals surface area contributed by atoms with Crippen molar-refractivity contribution < 1.29 is 9.82 Å². The second-order valence-electron chi connectivity index (χ2n) is 5.93. The highest BCUT2D eigenvalue weighted by Crippen LogP contribution is 2.15. The quantitative estimate of drug-likeness (QED) is 0.512. The molecule has 2 aromatic rings. The summed E-state index contributed by atoms with van der Waals surface area (Å²) in [5.74, 6) is 0. The highest BCUT2D eigenvalue weighted by Gasteiger charge is 2.19. The van der Waals surface area contributed by atoms with Crippen LogP contribution in [0, 0.1) is 10.1 Å². The van der Waals surface area contributed by atoms with Gasteiger partial charge in [0.25, 0.3) is 5.69 Å². The van der Waals surface area contributed by atoms with Crippen LogP contribution in [0.1, 0.15) is 11.1 Å². The molecule has 3 rings (SSSR count). The van der Waals surface area contributed by atoms with Gasteiger partial charge < -0.3 is 4.90 Å². The first-order chi connectivity index (χ1) is 11.7. The molecule has 2 aromatic carbocycles. The summed E-state index contributed by atoms with van der Waals surface area (Å²) in [5, 5.41) is 17.4. The number of quaternary nitrogens is 1. The molecule has 0 unspecified atom stereocenters. The Morgan fingerprint density at radius 1 is 1.08 bits per heavy atom. The van der Waals surface area contributed by atoms with Crippen LogP contribution in [0.25, 0.3) is 0 Å². The molecule has 0 amide bonds. The number of piperazine rings is 1. The van der Waals surface area contributed by atoms with Gasteiger partial charge in [0, 0.05) is 11.6 Å². The average molecular weight is 325 g/mol. The van der Waals surface area contributed by atoms with Crippen molar-refractivity contribution in [2.75, 3.05) is 26.2 Å². The van der Waals surface area contributed by atoms with E-state index in [2.05, 4.69) is 29.4 Å². The van der Waals surface area contributed by atoms with Gasteiger partial charge in [-0.25, -0.2) is 0 Å². The number of hydrazone groups is 1. The number of rotatable bonds is 5. The summed E-state index contributed by atoms with van der Waals surface area (Å²) in [4.78, 5) is 12.2. The van der Waals surface area contributed by atoms with Crippen LogP contribution in [0.2, 0.25) is 0 Å². The Kier molecular flexibility index (Phi) is 5.18. The first-order valence-electron chi connectivity index (χ1n) is 8.12. The number of hydrogen-bond acceptors (Lipinski definition) is 4. The van der Waals surface area contributed by atoms with Gasteiger partial charge in [-0.3, -0.25) is 15.1 Å². The van der Waals surface area contributed by atoms with E-state index in [4.69, 9.17) is 0 Å². The van der Waals surface area contributed by atoms with Crippen molar-refractivity contribution in [2.24, 2.45) is 5.10 Å². The van der Waals surface area contributed by atoms with E-state index in [1.54, 1.807) is 29.3 Å². The Balaban J connectivity index is 1.55. The Labute approximate surface area is 141 Å².